The van der Waals surface area contributed by atoms with Crippen LogP contribution in [0.5, 0.6) is 0 Å². The SMILES string of the molecule is C[C@H]1SCCN(CCS(C)(=O)=O)[C@@H]1c1ccccc1. The van der Waals surface area contributed by atoms with Crippen LogP contribution in [-0.4, -0.2) is 49.4 Å². The maximum atomic E-state index is 11.4. The standard InChI is InChI=1S/C14H21NO2S2/c1-12-14(13-6-4-3-5-7-13)15(8-10-18-12)9-11-19(2,16)17/h3-7,12,14H,8-11H2,1-2H3/t12-,14+/m1/s1. The zero-order valence-corrected chi connectivity index (χ0v) is 13.1. The molecule has 1 aliphatic rings. The van der Waals surface area contributed by atoms with Gasteiger partial charge in [-0.25, -0.2) is 8.42 Å². The number of hydrogen-bond donors (Lipinski definition) is 0. The van der Waals surface area contributed by atoms with Gasteiger partial charge in [-0.2, -0.15) is 11.8 Å². The summed E-state index contributed by atoms with van der Waals surface area (Å²) in [4.78, 5) is 2.32. The first-order valence-corrected chi connectivity index (χ1v) is 9.66. The molecular weight excluding hydrogens is 278 g/mol. The van der Waals surface area contributed by atoms with Crippen LogP contribution in [0.25, 0.3) is 0 Å². The van der Waals surface area contributed by atoms with Gasteiger partial charge in [0.25, 0.3) is 0 Å². The van der Waals surface area contributed by atoms with Crippen molar-refractivity contribution in [3.63, 3.8) is 0 Å². The fourth-order valence-corrected chi connectivity index (χ4v) is 4.34. The lowest BCUT2D eigenvalue weighted by Gasteiger charge is -2.39. The highest BCUT2D eigenvalue weighted by Gasteiger charge is 2.30. The van der Waals surface area contributed by atoms with Crippen LogP contribution in [0.1, 0.15) is 18.5 Å². The van der Waals surface area contributed by atoms with Crippen molar-refractivity contribution in [3.8, 4) is 0 Å². The smallest absolute Gasteiger partial charge is 0.148 e. The molecular formula is C14H21NO2S2. The summed E-state index contributed by atoms with van der Waals surface area (Å²) in [5.41, 5.74) is 1.29. The summed E-state index contributed by atoms with van der Waals surface area (Å²) in [6, 6.07) is 10.7. The maximum absolute atomic E-state index is 11.4. The Morgan fingerprint density at radius 1 is 1.32 bits per heavy atom. The predicted octanol–water partition coefficient (Wildman–Crippen LogP) is 2.21. The first kappa shape index (κ1) is 14.9. The molecule has 1 aromatic rings. The Bertz CT molecular complexity index is 501. The van der Waals surface area contributed by atoms with Crippen LogP contribution in [0.15, 0.2) is 30.3 Å². The van der Waals surface area contributed by atoms with Gasteiger partial charge < -0.3 is 0 Å². The summed E-state index contributed by atoms with van der Waals surface area (Å²) in [7, 11) is -2.90. The molecule has 0 bridgehead atoms. The molecule has 1 aromatic carbocycles. The van der Waals surface area contributed by atoms with Gasteiger partial charge in [-0.05, 0) is 5.56 Å². The van der Waals surface area contributed by atoms with Crippen LogP contribution in [0.3, 0.4) is 0 Å². The predicted molar refractivity (Wildman–Crippen MR) is 82.4 cm³/mol. The fraction of sp³-hybridized carbons (Fsp3) is 0.571. The number of rotatable bonds is 4. The highest BCUT2D eigenvalue weighted by atomic mass is 32.2. The Morgan fingerprint density at radius 3 is 2.63 bits per heavy atom. The van der Waals surface area contributed by atoms with Crippen LogP contribution >= 0.6 is 11.8 Å². The minimum Gasteiger partial charge on any atom is -0.293 e. The van der Waals surface area contributed by atoms with Gasteiger partial charge >= 0.3 is 0 Å². The van der Waals surface area contributed by atoms with E-state index in [-0.39, 0.29) is 5.75 Å². The van der Waals surface area contributed by atoms with Crippen molar-refractivity contribution in [1.29, 1.82) is 0 Å². The quantitative estimate of drug-likeness (QED) is 0.854. The molecule has 0 saturated carbocycles. The van der Waals surface area contributed by atoms with Gasteiger partial charge in [0.15, 0.2) is 0 Å². The Labute approximate surface area is 120 Å². The van der Waals surface area contributed by atoms with E-state index in [1.807, 2.05) is 17.8 Å². The zero-order valence-electron chi connectivity index (χ0n) is 11.5. The average molecular weight is 299 g/mol. The van der Waals surface area contributed by atoms with Crippen molar-refractivity contribution in [2.45, 2.75) is 18.2 Å². The Hall–Kier alpha value is -0.520. The largest absolute Gasteiger partial charge is 0.293 e. The normalized spacial score (nSPS) is 25.4. The molecule has 2 rings (SSSR count). The third kappa shape index (κ3) is 4.23. The molecule has 0 spiro atoms. The van der Waals surface area contributed by atoms with E-state index in [0.717, 1.165) is 12.3 Å². The van der Waals surface area contributed by atoms with Crippen LogP contribution in [0, 0.1) is 0 Å². The van der Waals surface area contributed by atoms with Gasteiger partial charge in [-0.1, -0.05) is 37.3 Å². The van der Waals surface area contributed by atoms with Gasteiger partial charge in [0.05, 0.1) is 5.75 Å². The number of thioether (sulfide) groups is 1. The van der Waals surface area contributed by atoms with E-state index in [2.05, 4.69) is 36.1 Å². The van der Waals surface area contributed by atoms with Crippen molar-refractivity contribution in [2.24, 2.45) is 0 Å². The first-order valence-electron chi connectivity index (χ1n) is 6.56. The van der Waals surface area contributed by atoms with E-state index in [4.69, 9.17) is 0 Å². The lowest BCUT2D eigenvalue weighted by atomic mass is 10.0. The summed E-state index contributed by atoms with van der Waals surface area (Å²) in [6.07, 6.45) is 1.31. The van der Waals surface area contributed by atoms with E-state index in [1.54, 1.807) is 0 Å². The summed E-state index contributed by atoms with van der Waals surface area (Å²) < 4.78 is 22.7. The van der Waals surface area contributed by atoms with Crippen LogP contribution in [0.2, 0.25) is 0 Å². The summed E-state index contributed by atoms with van der Waals surface area (Å²) in [5.74, 6) is 1.32. The molecule has 3 nitrogen and oxygen atoms in total. The van der Waals surface area contributed by atoms with Crippen molar-refractivity contribution < 1.29 is 8.42 Å². The van der Waals surface area contributed by atoms with Gasteiger partial charge in [0.2, 0.25) is 0 Å². The Morgan fingerprint density at radius 2 is 2.00 bits per heavy atom. The molecule has 1 saturated heterocycles. The number of benzene rings is 1. The van der Waals surface area contributed by atoms with Crippen molar-refractivity contribution in [1.82, 2.24) is 4.90 Å². The summed E-state index contributed by atoms with van der Waals surface area (Å²) in [5, 5.41) is 0.496. The van der Waals surface area contributed by atoms with Crippen LogP contribution in [-0.2, 0) is 9.84 Å². The van der Waals surface area contributed by atoms with Gasteiger partial charge in [0, 0.05) is 36.4 Å². The second-order valence-electron chi connectivity index (χ2n) is 5.10. The molecule has 1 aliphatic heterocycles. The van der Waals surface area contributed by atoms with Crippen molar-refractivity contribution >= 4 is 21.6 Å². The average Bonchev–Trinajstić information content (AvgIpc) is 2.36. The zero-order chi connectivity index (χ0) is 13.9. The fourth-order valence-electron chi connectivity index (χ4n) is 2.55. The molecule has 0 N–H and O–H groups in total. The maximum Gasteiger partial charge on any atom is 0.148 e. The molecule has 1 fully saturated rings. The lowest BCUT2D eigenvalue weighted by molar-refractivity contribution is 0.213. The van der Waals surface area contributed by atoms with Crippen LogP contribution < -0.4 is 0 Å². The van der Waals surface area contributed by atoms with E-state index in [0.29, 0.717) is 17.8 Å². The van der Waals surface area contributed by atoms with Gasteiger partial charge in [0.1, 0.15) is 9.84 Å². The number of nitrogens with zero attached hydrogens (tertiary/aromatic N) is 1. The monoisotopic (exact) mass is 299 g/mol. The second kappa shape index (κ2) is 6.29. The molecule has 1 heterocycles. The van der Waals surface area contributed by atoms with E-state index >= 15 is 0 Å². The van der Waals surface area contributed by atoms with Crippen molar-refractivity contribution in [2.75, 3.05) is 30.9 Å². The minimum atomic E-state index is -2.90. The second-order valence-corrected chi connectivity index (χ2v) is 8.84. The molecule has 2 atom stereocenters. The van der Waals surface area contributed by atoms with E-state index < -0.39 is 9.84 Å². The lowest BCUT2D eigenvalue weighted by Crippen LogP contribution is -2.42. The highest BCUT2D eigenvalue weighted by Crippen LogP contribution is 2.35. The third-order valence-electron chi connectivity index (χ3n) is 3.49. The van der Waals surface area contributed by atoms with Gasteiger partial charge in [-0.15, -0.1) is 0 Å². The molecule has 19 heavy (non-hydrogen) atoms. The Balaban J connectivity index is 2.15. The molecule has 5 heteroatoms. The van der Waals surface area contributed by atoms with E-state index in [9.17, 15) is 8.42 Å². The number of sulfone groups is 1. The van der Waals surface area contributed by atoms with Crippen LogP contribution in [0.4, 0.5) is 0 Å². The first-order chi connectivity index (χ1) is 8.97. The topological polar surface area (TPSA) is 37.4 Å². The summed E-state index contributed by atoms with van der Waals surface area (Å²) >= 11 is 1.97. The van der Waals surface area contributed by atoms with E-state index in [1.165, 1.54) is 11.8 Å². The Kier molecular flexibility index (Phi) is 4.92. The summed E-state index contributed by atoms with van der Waals surface area (Å²) in [6.45, 7) is 3.82. The molecule has 0 amide bonds. The molecule has 106 valence electrons. The third-order valence-corrected chi connectivity index (χ3v) is 5.61. The molecule has 0 aliphatic carbocycles. The minimum absolute atomic E-state index is 0.244. The number of hydrogen-bond acceptors (Lipinski definition) is 4. The molecule has 0 aromatic heterocycles. The van der Waals surface area contributed by atoms with Gasteiger partial charge in [-0.3, -0.25) is 4.90 Å². The molecule has 0 unspecified atom stereocenters. The van der Waals surface area contributed by atoms with Crippen molar-refractivity contribution in [3.05, 3.63) is 35.9 Å². The highest BCUT2D eigenvalue weighted by molar-refractivity contribution is 8.00. The molecule has 0 radical (unpaired) electrons.